The van der Waals surface area contributed by atoms with Crippen LogP contribution in [0.4, 0.5) is 5.69 Å². The third-order valence-electron chi connectivity index (χ3n) is 5.86. The molecule has 3 rings (SSSR count). The highest BCUT2D eigenvalue weighted by atomic mass is 31.2. The van der Waals surface area contributed by atoms with Crippen LogP contribution in [0.25, 0.3) is 0 Å². The maximum atomic E-state index is 14.0. The number of para-hydroxylation sites is 1. The molecule has 1 heterocycles. The number of rotatable bonds is 9. The molecule has 0 saturated heterocycles. The fourth-order valence-corrected chi connectivity index (χ4v) is 4.29. The highest BCUT2D eigenvalue weighted by molar-refractivity contribution is 7.45. The van der Waals surface area contributed by atoms with Crippen molar-refractivity contribution in [3.05, 3.63) is 96.3 Å². The van der Waals surface area contributed by atoms with Gasteiger partial charge in [0.15, 0.2) is 0 Å². The Morgan fingerprint density at radius 2 is 1.39 bits per heavy atom. The van der Waals surface area contributed by atoms with Crippen molar-refractivity contribution in [2.24, 2.45) is 0 Å². The number of nitrogens with one attached hydrogen (secondary N) is 1. The van der Waals surface area contributed by atoms with Crippen LogP contribution in [-0.2, 0) is 14.8 Å². The third kappa shape index (κ3) is 8.66. The van der Waals surface area contributed by atoms with E-state index in [2.05, 4.69) is 42.9 Å². The molecule has 0 saturated carbocycles. The van der Waals surface area contributed by atoms with Crippen molar-refractivity contribution in [2.45, 2.75) is 51.6 Å². The highest BCUT2D eigenvalue weighted by Gasteiger charge is 2.43. The summed E-state index contributed by atoms with van der Waals surface area (Å²) in [5.74, 6) is -0.0592. The highest BCUT2D eigenvalue weighted by Crippen LogP contribution is 2.37. The topological polar surface area (TPSA) is 123 Å². The first-order valence-electron chi connectivity index (χ1n) is 11.8. The van der Waals surface area contributed by atoms with E-state index < -0.39 is 13.2 Å². The normalized spacial score (nSPS) is 13.2. The predicted molar refractivity (Wildman–Crippen MR) is 142 cm³/mol. The van der Waals surface area contributed by atoms with Crippen LogP contribution in [0.5, 0.6) is 0 Å². The smallest absolute Gasteiger partial charge is 0.325 e. The maximum absolute atomic E-state index is 14.0. The van der Waals surface area contributed by atoms with E-state index in [1.165, 1.54) is 0 Å². The molecule has 0 bridgehead atoms. The molecular formula is C27H36N3O5P. The van der Waals surface area contributed by atoms with Gasteiger partial charge in [0.2, 0.25) is 5.91 Å². The average molecular weight is 514 g/mol. The van der Waals surface area contributed by atoms with Gasteiger partial charge in [0, 0.05) is 30.5 Å². The van der Waals surface area contributed by atoms with Gasteiger partial charge in [-0.2, -0.15) is 0 Å². The molecule has 36 heavy (non-hydrogen) atoms. The molecule has 4 N–H and O–H groups in total. The van der Waals surface area contributed by atoms with Crippen molar-refractivity contribution in [1.29, 1.82) is 0 Å². The molecule has 0 spiro atoms. The van der Waals surface area contributed by atoms with Gasteiger partial charge in [-0.15, -0.1) is 0 Å². The number of hydrogen-bond acceptors (Lipinski definition) is 4. The molecule has 0 fully saturated rings. The molecule has 1 amide bonds. The minimum atomic E-state index is -4.64. The summed E-state index contributed by atoms with van der Waals surface area (Å²) in [4.78, 5) is 42.7. The van der Waals surface area contributed by atoms with Crippen LogP contribution in [0.15, 0.2) is 85.1 Å². The lowest BCUT2D eigenvalue weighted by Crippen LogP contribution is -2.47. The molecule has 2 aromatic carbocycles. The zero-order chi connectivity index (χ0) is 26.8. The number of aromatic nitrogens is 1. The zero-order valence-electron chi connectivity index (χ0n) is 21.2. The Morgan fingerprint density at radius 1 is 0.889 bits per heavy atom. The molecule has 194 valence electrons. The van der Waals surface area contributed by atoms with E-state index in [0.29, 0.717) is 18.5 Å². The number of pyridine rings is 1. The van der Waals surface area contributed by atoms with Gasteiger partial charge in [0.25, 0.3) is 0 Å². The van der Waals surface area contributed by atoms with Crippen LogP contribution < -0.4 is 5.32 Å². The minimum Gasteiger partial charge on any atom is -0.325 e. The molecule has 0 radical (unpaired) electrons. The van der Waals surface area contributed by atoms with Crippen molar-refractivity contribution in [1.82, 2.24) is 9.88 Å². The lowest BCUT2D eigenvalue weighted by atomic mass is 9.73. The largest absolute Gasteiger partial charge is 0.466 e. The molecule has 9 heteroatoms. The predicted octanol–water partition coefficient (Wildman–Crippen LogP) is 4.59. The molecule has 0 aliphatic heterocycles. The number of amides is 1. The first-order valence-corrected chi connectivity index (χ1v) is 13.4. The van der Waals surface area contributed by atoms with Gasteiger partial charge in [-0.3, -0.25) is 14.7 Å². The van der Waals surface area contributed by atoms with Crippen molar-refractivity contribution < 1.29 is 24.0 Å². The Labute approximate surface area is 213 Å². The SMILES string of the molecule is CC(C)N(CCC(C(=O)Nc1ccccc1)(c1ccccc1)c1ccccn1)C(C)C.O=P(O)(O)O. The van der Waals surface area contributed by atoms with E-state index in [1.54, 1.807) is 6.20 Å². The fraction of sp³-hybridized carbons (Fsp3) is 0.333. The van der Waals surface area contributed by atoms with Crippen molar-refractivity contribution in [2.75, 3.05) is 11.9 Å². The summed E-state index contributed by atoms with van der Waals surface area (Å²) >= 11 is 0. The van der Waals surface area contributed by atoms with E-state index in [-0.39, 0.29) is 5.91 Å². The van der Waals surface area contributed by atoms with Crippen molar-refractivity contribution in [3.63, 3.8) is 0 Å². The molecule has 1 unspecified atom stereocenters. The number of carbonyl (C=O) groups is 1. The maximum Gasteiger partial charge on any atom is 0.466 e. The number of phosphoric acid groups is 1. The van der Waals surface area contributed by atoms with Crippen LogP contribution in [-0.4, -0.2) is 49.1 Å². The Bertz CT molecular complexity index is 1050. The Balaban J connectivity index is 0.000000830. The molecule has 1 atom stereocenters. The molecule has 8 nitrogen and oxygen atoms in total. The number of nitrogens with zero attached hydrogens (tertiary/aromatic N) is 2. The second-order valence-electron chi connectivity index (χ2n) is 9.00. The Hall–Kier alpha value is -2.87. The number of benzene rings is 2. The van der Waals surface area contributed by atoms with Gasteiger partial charge in [-0.25, -0.2) is 4.57 Å². The van der Waals surface area contributed by atoms with Crippen LogP contribution in [0.1, 0.15) is 45.4 Å². The second kappa shape index (κ2) is 13.4. The standard InChI is InChI=1S/C27H33N3O.H3O4P/c1-21(2)30(22(3)4)20-18-27(23-13-7-5-8-14-23,25-17-11-12-19-28-25)26(31)29-24-15-9-6-10-16-24;1-5(2,3)4/h5-17,19,21-22H,18,20H2,1-4H3,(H,29,31);(H3,1,2,3,4). The number of carbonyl (C=O) groups excluding carboxylic acids is 1. The first-order chi connectivity index (χ1) is 16.9. The van der Waals surface area contributed by atoms with Crippen LogP contribution in [0.3, 0.4) is 0 Å². The van der Waals surface area contributed by atoms with E-state index in [9.17, 15) is 4.79 Å². The lowest BCUT2D eigenvalue weighted by molar-refractivity contribution is -0.120. The molecule has 0 aliphatic rings. The van der Waals surface area contributed by atoms with E-state index in [1.807, 2.05) is 78.9 Å². The van der Waals surface area contributed by atoms with Gasteiger partial charge in [-0.05, 0) is 63.9 Å². The van der Waals surface area contributed by atoms with E-state index in [4.69, 9.17) is 19.2 Å². The summed E-state index contributed by atoms with van der Waals surface area (Å²) in [5.41, 5.74) is 1.60. The van der Waals surface area contributed by atoms with Crippen LogP contribution in [0.2, 0.25) is 0 Å². The van der Waals surface area contributed by atoms with Gasteiger partial charge in [0.1, 0.15) is 5.41 Å². The summed E-state index contributed by atoms with van der Waals surface area (Å²) < 4.78 is 8.88. The molecule has 3 aromatic rings. The quantitative estimate of drug-likeness (QED) is 0.309. The molecule has 1 aromatic heterocycles. The van der Waals surface area contributed by atoms with Crippen molar-refractivity contribution >= 4 is 19.4 Å². The lowest BCUT2D eigenvalue weighted by Gasteiger charge is -2.37. The number of hydrogen-bond donors (Lipinski definition) is 4. The van der Waals surface area contributed by atoms with Gasteiger partial charge >= 0.3 is 7.82 Å². The van der Waals surface area contributed by atoms with Crippen LogP contribution >= 0.6 is 7.82 Å². The van der Waals surface area contributed by atoms with Gasteiger partial charge < -0.3 is 20.0 Å². The van der Waals surface area contributed by atoms with Gasteiger partial charge in [0.05, 0.1) is 5.69 Å². The molecule has 0 aliphatic carbocycles. The second-order valence-corrected chi connectivity index (χ2v) is 10.0. The fourth-order valence-electron chi connectivity index (χ4n) is 4.29. The van der Waals surface area contributed by atoms with Crippen molar-refractivity contribution in [3.8, 4) is 0 Å². The number of anilines is 1. The third-order valence-corrected chi connectivity index (χ3v) is 5.86. The van der Waals surface area contributed by atoms with Crippen LogP contribution in [0, 0.1) is 0 Å². The summed E-state index contributed by atoms with van der Waals surface area (Å²) in [6.45, 7) is 9.59. The monoisotopic (exact) mass is 513 g/mol. The zero-order valence-corrected chi connectivity index (χ0v) is 22.0. The summed E-state index contributed by atoms with van der Waals surface area (Å²) in [7, 11) is -4.64. The minimum absolute atomic E-state index is 0.0592. The van der Waals surface area contributed by atoms with Gasteiger partial charge in [-0.1, -0.05) is 54.6 Å². The summed E-state index contributed by atoms with van der Waals surface area (Å²) in [6, 6.07) is 26.3. The Kier molecular flexibility index (Phi) is 11.0. The van der Waals surface area contributed by atoms with E-state index >= 15 is 0 Å². The first kappa shape index (κ1) is 29.4. The summed E-state index contributed by atoms with van der Waals surface area (Å²) in [5, 5.41) is 3.16. The Morgan fingerprint density at radius 3 is 1.86 bits per heavy atom. The molecular weight excluding hydrogens is 477 g/mol. The average Bonchev–Trinajstić information content (AvgIpc) is 2.82. The van der Waals surface area contributed by atoms with E-state index in [0.717, 1.165) is 23.5 Å². The summed E-state index contributed by atoms with van der Waals surface area (Å²) in [6.07, 6.45) is 2.40.